The second kappa shape index (κ2) is 5.60. The summed E-state index contributed by atoms with van der Waals surface area (Å²) in [6, 6.07) is 0.880. The van der Waals surface area contributed by atoms with E-state index < -0.39 is 0 Å². The van der Waals surface area contributed by atoms with Gasteiger partial charge >= 0.3 is 0 Å². The molecule has 136 valence electrons. The largest absolute Gasteiger partial charge is 0.377 e. The van der Waals surface area contributed by atoms with E-state index >= 15 is 0 Å². The van der Waals surface area contributed by atoms with Crippen LogP contribution in [0.2, 0.25) is 0 Å². The molecule has 0 aromatic rings. The van der Waals surface area contributed by atoms with Gasteiger partial charge in [-0.15, -0.1) is 0 Å². The second-order valence-electron chi connectivity index (χ2n) is 9.30. The van der Waals surface area contributed by atoms with Gasteiger partial charge in [-0.05, 0) is 19.3 Å². The van der Waals surface area contributed by atoms with Crippen LogP contribution in [0.1, 0.15) is 47.0 Å². The summed E-state index contributed by atoms with van der Waals surface area (Å²) in [5.41, 5.74) is 0.335. The van der Waals surface area contributed by atoms with E-state index in [-0.39, 0.29) is 10.8 Å². The predicted octanol–water partition coefficient (Wildman–Crippen LogP) is 2.17. The summed E-state index contributed by atoms with van der Waals surface area (Å²) in [6.45, 7) is 11.1. The van der Waals surface area contributed by atoms with E-state index in [0.717, 1.165) is 25.6 Å². The number of nitrogens with one attached hydrogen (secondary N) is 2. The zero-order valence-electron chi connectivity index (χ0n) is 15.8. The van der Waals surface area contributed by atoms with Crippen LogP contribution in [-0.2, 0) is 9.47 Å². The van der Waals surface area contributed by atoms with Gasteiger partial charge in [-0.3, -0.25) is 4.99 Å². The van der Waals surface area contributed by atoms with Crippen molar-refractivity contribution in [2.24, 2.45) is 27.7 Å². The SMILES string of the molecule is CN=C(NC1C2CCCOC2C1(C)C)NC1C2CCOC2C1(C)C. The number of fused-ring (bicyclic) bond motifs is 2. The zero-order chi connectivity index (χ0) is 17.1. The van der Waals surface area contributed by atoms with Crippen molar-refractivity contribution in [1.29, 1.82) is 0 Å². The molecule has 0 aromatic carbocycles. The Morgan fingerprint density at radius 3 is 2.00 bits per heavy atom. The Labute approximate surface area is 146 Å². The zero-order valence-corrected chi connectivity index (χ0v) is 15.8. The van der Waals surface area contributed by atoms with Gasteiger partial charge in [-0.2, -0.15) is 0 Å². The molecule has 0 bridgehead atoms. The Morgan fingerprint density at radius 2 is 1.42 bits per heavy atom. The fourth-order valence-electron chi connectivity index (χ4n) is 5.90. The van der Waals surface area contributed by atoms with Crippen molar-refractivity contribution < 1.29 is 9.47 Å². The van der Waals surface area contributed by atoms with Crippen molar-refractivity contribution in [3.8, 4) is 0 Å². The summed E-state index contributed by atoms with van der Waals surface area (Å²) < 4.78 is 11.9. The van der Waals surface area contributed by atoms with Crippen LogP contribution in [0.25, 0.3) is 0 Å². The van der Waals surface area contributed by atoms with E-state index in [1.165, 1.54) is 12.8 Å². The van der Waals surface area contributed by atoms with Gasteiger partial charge in [0.1, 0.15) is 0 Å². The number of rotatable bonds is 2. The van der Waals surface area contributed by atoms with Crippen molar-refractivity contribution in [1.82, 2.24) is 10.6 Å². The molecule has 0 spiro atoms. The molecule has 2 heterocycles. The first kappa shape index (κ1) is 16.6. The first-order valence-corrected chi connectivity index (χ1v) is 9.60. The van der Waals surface area contributed by atoms with Crippen LogP contribution in [0.3, 0.4) is 0 Å². The Balaban J connectivity index is 1.42. The van der Waals surface area contributed by atoms with Crippen molar-refractivity contribution in [2.45, 2.75) is 71.2 Å². The molecule has 2 aliphatic heterocycles. The highest BCUT2D eigenvalue weighted by molar-refractivity contribution is 5.81. The van der Waals surface area contributed by atoms with Crippen molar-refractivity contribution in [2.75, 3.05) is 20.3 Å². The number of guanidine groups is 1. The van der Waals surface area contributed by atoms with Crippen LogP contribution in [-0.4, -0.2) is 50.5 Å². The van der Waals surface area contributed by atoms with Crippen molar-refractivity contribution in [3.05, 3.63) is 0 Å². The summed E-state index contributed by atoms with van der Waals surface area (Å²) in [7, 11) is 1.88. The molecular formula is C19H33N3O2. The Bertz CT molecular complexity index is 531. The number of ether oxygens (including phenoxy) is 2. The third kappa shape index (κ3) is 2.23. The molecule has 6 atom stereocenters. The summed E-state index contributed by atoms with van der Waals surface area (Å²) >= 11 is 0. The van der Waals surface area contributed by atoms with Gasteiger partial charge in [0.05, 0.1) is 12.2 Å². The molecule has 5 heteroatoms. The fraction of sp³-hybridized carbons (Fsp3) is 0.947. The van der Waals surface area contributed by atoms with E-state index in [4.69, 9.17) is 9.47 Å². The highest BCUT2D eigenvalue weighted by Gasteiger charge is 2.61. The van der Waals surface area contributed by atoms with Crippen LogP contribution < -0.4 is 10.6 Å². The Hall–Kier alpha value is -0.810. The smallest absolute Gasteiger partial charge is 0.191 e. The van der Waals surface area contributed by atoms with Crippen LogP contribution in [0.5, 0.6) is 0 Å². The standard InChI is InChI=1S/C19H33N3O2/c1-18(2)13(11-7-6-9-23-15(11)18)21-17(20-5)22-14-12-8-10-24-16(12)19(14,3)4/h11-16H,6-10H2,1-5H3,(H2,20,21,22). The average Bonchev–Trinajstić information content (AvgIpc) is 3.02. The highest BCUT2D eigenvalue weighted by atomic mass is 16.5. The van der Waals surface area contributed by atoms with Gasteiger partial charge in [-0.1, -0.05) is 27.7 Å². The molecule has 24 heavy (non-hydrogen) atoms. The first-order chi connectivity index (χ1) is 11.4. The first-order valence-electron chi connectivity index (χ1n) is 9.60. The van der Waals surface area contributed by atoms with E-state index in [9.17, 15) is 0 Å². The van der Waals surface area contributed by atoms with E-state index in [0.29, 0.717) is 36.1 Å². The number of hydrogen-bond acceptors (Lipinski definition) is 3. The molecular weight excluding hydrogens is 302 g/mol. The quantitative estimate of drug-likeness (QED) is 0.600. The molecule has 0 aromatic heterocycles. The maximum atomic E-state index is 6.02. The summed E-state index contributed by atoms with van der Waals surface area (Å²) in [6.07, 6.45) is 4.41. The molecule has 0 radical (unpaired) electrons. The summed E-state index contributed by atoms with van der Waals surface area (Å²) in [5, 5.41) is 7.44. The van der Waals surface area contributed by atoms with Crippen LogP contribution in [0, 0.1) is 22.7 Å². The van der Waals surface area contributed by atoms with Crippen molar-refractivity contribution in [3.63, 3.8) is 0 Å². The van der Waals surface area contributed by atoms with Gasteiger partial charge in [0.2, 0.25) is 0 Å². The maximum Gasteiger partial charge on any atom is 0.191 e. The predicted molar refractivity (Wildman–Crippen MR) is 95.1 cm³/mol. The van der Waals surface area contributed by atoms with E-state index in [1.807, 2.05) is 7.05 Å². The molecule has 4 rings (SSSR count). The second-order valence-corrected chi connectivity index (χ2v) is 9.30. The third-order valence-corrected chi connectivity index (χ3v) is 7.24. The van der Waals surface area contributed by atoms with E-state index in [2.05, 4.69) is 43.3 Å². The lowest BCUT2D eigenvalue weighted by Crippen LogP contribution is -2.73. The molecule has 2 saturated heterocycles. The van der Waals surface area contributed by atoms with E-state index in [1.54, 1.807) is 0 Å². The fourth-order valence-corrected chi connectivity index (χ4v) is 5.90. The topological polar surface area (TPSA) is 54.9 Å². The molecule has 2 aliphatic carbocycles. The minimum absolute atomic E-state index is 0.164. The minimum atomic E-state index is 0.164. The Kier molecular flexibility index (Phi) is 3.88. The molecule has 4 fully saturated rings. The molecule has 5 nitrogen and oxygen atoms in total. The Morgan fingerprint density at radius 1 is 0.875 bits per heavy atom. The van der Waals surface area contributed by atoms with Gasteiger partial charge in [-0.25, -0.2) is 0 Å². The van der Waals surface area contributed by atoms with Gasteiger partial charge in [0, 0.05) is 55.0 Å². The van der Waals surface area contributed by atoms with Crippen LogP contribution >= 0.6 is 0 Å². The van der Waals surface area contributed by atoms with Gasteiger partial charge in [0.25, 0.3) is 0 Å². The average molecular weight is 335 g/mol. The lowest BCUT2D eigenvalue weighted by molar-refractivity contribution is -0.188. The lowest BCUT2D eigenvalue weighted by atomic mass is 9.55. The molecule has 2 N–H and O–H groups in total. The number of nitrogens with zero attached hydrogens (tertiary/aromatic N) is 1. The van der Waals surface area contributed by atoms with Crippen LogP contribution in [0.4, 0.5) is 0 Å². The lowest BCUT2D eigenvalue weighted by Gasteiger charge is -2.60. The minimum Gasteiger partial charge on any atom is -0.377 e. The number of aliphatic imine (C=N–C) groups is 1. The normalized spacial score (nSPS) is 45.5. The van der Waals surface area contributed by atoms with Gasteiger partial charge in [0.15, 0.2) is 5.96 Å². The molecule has 2 saturated carbocycles. The molecule has 0 amide bonds. The highest BCUT2D eigenvalue weighted by Crippen LogP contribution is 2.53. The molecule has 6 unspecified atom stereocenters. The van der Waals surface area contributed by atoms with Gasteiger partial charge < -0.3 is 20.1 Å². The van der Waals surface area contributed by atoms with Crippen molar-refractivity contribution >= 4 is 5.96 Å². The molecule has 4 aliphatic rings. The number of hydrogen-bond donors (Lipinski definition) is 2. The maximum absolute atomic E-state index is 6.02. The third-order valence-electron chi connectivity index (χ3n) is 7.24. The monoisotopic (exact) mass is 335 g/mol. The summed E-state index contributed by atoms with van der Waals surface area (Å²) in [4.78, 5) is 4.53. The summed E-state index contributed by atoms with van der Waals surface area (Å²) in [5.74, 6) is 2.18. The van der Waals surface area contributed by atoms with Crippen LogP contribution in [0.15, 0.2) is 4.99 Å².